The highest BCUT2D eigenvalue weighted by Gasteiger charge is 2.10. The van der Waals surface area contributed by atoms with E-state index in [4.69, 9.17) is 14.2 Å². The number of benzene rings is 3. The van der Waals surface area contributed by atoms with Crippen LogP contribution in [0.25, 0.3) is 0 Å². The van der Waals surface area contributed by atoms with E-state index in [1.54, 1.807) is 7.11 Å². The van der Waals surface area contributed by atoms with Crippen LogP contribution in [-0.4, -0.2) is 13.9 Å². The molecule has 3 nitrogen and oxygen atoms in total. The Morgan fingerprint density at radius 1 is 0.441 bits per heavy atom. The molecule has 0 saturated heterocycles. The summed E-state index contributed by atoms with van der Waals surface area (Å²) in [4.78, 5) is 0. The maximum atomic E-state index is 5.92. The first kappa shape index (κ1) is 26.2. The quantitative estimate of drug-likeness (QED) is 0.235. The van der Waals surface area contributed by atoms with Gasteiger partial charge in [-0.3, -0.25) is 0 Å². The summed E-state index contributed by atoms with van der Waals surface area (Å²) in [5, 5.41) is 0. The van der Waals surface area contributed by atoms with Crippen LogP contribution < -0.4 is 0 Å². The predicted octanol–water partition coefficient (Wildman–Crippen LogP) is 7.27. The van der Waals surface area contributed by atoms with Crippen LogP contribution in [0.15, 0.2) is 36.4 Å². The third-order valence-electron chi connectivity index (χ3n) is 6.90. The second-order valence-electron chi connectivity index (χ2n) is 9.70. The zero-order valence-corrected chi connectivity index (χ0v) is 22.2. The molecule has 3 aromatic rings. The van der Waals surface area contributed by atoms with E-state index in [0.717, 1.165) is 6.42 Å². The molecule has 0 aliphatic heterocycles. The van der Waals surface area contributed by atoms with E-state index < -0.39 is 0 Å². The maximum Gasteiger partial charge on any atom is 0.147 e. The number of hydrogen-bond acceptors (Lipinski definition) is 3. The molecule has 0 radical (unpaired) electrons. The Hall–Kier alpha value is -2.46. The van der Waals surface area contributed by atoms with Crippen molar-refractivity contribution in [2.75, 3.05) is 13.9 Å². The Morgan fingerprint density at radius 2 is 0.824 bits per heavy atom. The van der Waals surface area contributed by atoms with Crippen LogP contribution in [-0.2, 0) is 40.5 Å². The third kappa shape index (κ3) is 6.56. The molecule has 0 spiro atoms. The molecule has 0 N–H and O–H groups in total. The first-order valence-corrected chi connectivity index (χ1v) is 12.1. The Kier molecular flexibility index (Phi) is 9.07. The Labute approximate surface area is 206 Å². The van der Waals surface area contributed by atoms with Crippen molar-refractivity contribution in [3.05, 3.63) is 103 Å². The van der Waals surface area contributed by atoms with Gasteiger partial charge in [-0.25, -0.2) is 0 Å². The SMILES string of the molecule is COCc1cc(COCOCc2cc(Cc3cc(C)c(C)cc3C)c(C)cc2C)c(C)cc1C. The van der Waals surface area contributed by atoms with Gasteiger partial charge in [-0.1, -0.05) is 36.4 Å². The highest BCUT2D eigenvalue weighted by molar-refractivity contribution is 5.43. The molecule has 3 aromatic carbocycles. The van der Waals surface area contributed by atoms with E-state index in [-0.39, 0.29) is 6.79 Å². The predicted molar refractivity (Wildman–Crippen MR) is 140 cm³/mol. The van der Waals surface area contributed by atoms with Gasteiger partial charge in [0.25, 0.3) is 0 Å². The Bertz CT molecular complexity index is 1140. The number of methoxy groups -OCH3 is 1. The molecule has 182 valence electrons. The van der Waals surface area contributed by atoms with E-state index in [1.807, 2.05) is 0 Å². The van der Waals surface area contributed by atoms with Gasteiger partial charge in [0, 0.05) is 7.11 Å². The molecule has 0 fully saturated rings. The maximum absolute atomic E-state index is 5.92. The monoisotopic (exact) mass is 460 g/mol. The molecule has 0 bridgehead atoms. The standard InChI is InChI=1S/C31H40O3/c1-20-9-22(3)27(12-21(20)2)13-28-14-30(25(6)10-23(28)4)17-33-19-34-18-31-15-29(16-32-8)24(5)11-26(31)7/h9-12,14-15H,13,16-19H2,1-8H3. The Morgan fingerprint density at radius 3 is 1.35 bits per heavy atom. The lowest BCUT2D eigenvalue weighted by molar-refractivity contribution is -0.0692. The van der Waals surface area contributed by atoms with Gasteiger partial charge in [0.1, 0.15) is 6.79 Å². The minimum absolute atomic E-state index is 0.270. The van der Waals surface area contributed by atoms with Crippen LogP contribution in [0.2, 0.25) is 0 Å². The molecule has 0 saturated carbocycles. The van der Waals surface area contributed by atoms with Gasteiger partial charge in [0.15, 0.2) is 0 Å². The molecular formula is C31H40O3. The highest BCUT2D eigenvalue weighted by atomic mass is 16.7. The van der Waals surface area contributed by atoms with Gasteiger partial charge in [-0.15, -0.1) is 0 Å². The minimum Gasteiger partial charge on any atom is -0.380 e. The molecule has 0 amide bonds. The molecule has 0 heterocycles. The van der Waals surface area contributed by atoms with Crippen LogP contribution in [0.1, 0.15) is 66.8 Å². The lowest BCUT2D eigenvalue weighted by Crippen LogP contribution is -2.05. The highest BCUT2D eigenvalue weighted by Crippen LogP contribution is 2.24. The van der Waals surface area contributed by atoms with Gasteiger partial charge in [0.2, 0.25) is 0 Å². The van der Waals surface area contributed by atoms with Crippen molar-refractivity contribution in [2.24, 2.45) is 0 Å². The fourth-order valence-corrected chi connectivity index (χ4v) is 4.49. The number of hydrogen-bond donors (Lipinski definition) is 0. The van der Waals surface area contributed by atoms with E-state index in [9.17, 15) is 0 Å². The van der Waals surface area contributed by atoms with Gasteiger partial charge in [-0.2, -0.15) is 0 Å². The number of aryl methyl sites for hydroxylation is 7. The van der Waals surface area contributed by atoms with Gasteiger partial charge in [0.05, 0.1) is 19.8 Å². The summed E-state index contributed by atoms with van der Waals surface area (Å²) in [5.41, 5.74) is 15.5. The molecule has 34 heavy (non-hydrogen) atoms. The lowest BCUT2D eigenvalue weighted by atomic mass is 9.92. The second-order valence-corrected chi connectivity index (χ2v) is 9.70. The molecule has 0 aromatic heterocycles. The second kappa shape index (κ2) is 11.8. The fourth-order valence-electron chi connectivity index (χ4n) is 4.49. The molecule has 0 aliphatic carbocycles. The van der Waals surface area contributed by atoms with Crippen LogP contribution in [0.5, 0.6) is 0 Å². The van der Waals surface area contributed by atoms with Crippen molar-refractivity contribution in [1.82, 2.24) is 0 Å². The summed E-state index contributed by atoms with van der Waals surface area (Å²) in [6.07, 6.45) is 0.944. The Balaban J connectivity index is 1.60. The van der Waals surface area contributed by atoms with Gasteiger partial charge < -0.3 is 14.2 Å². The summed E-state index contributed by atoms with van der Waals surface area (Å²) in [5.74, 6) is 0. The van der Waals surface area contributed by atoms with Gasteiger partial charge >= 0.3 is 0 Å². The first-order valence-electron chi connectivity index (χ1n) is 12.1. The van der Waals surface area contributed by atoms with Crippen molar-refractivity contribution in [2.45, 2.75) is 74.7 Å². The molecule has 0 unspecified atom stereocenters. The van der Waals surface area contributed by atoms with Crippen molar-refractivity contribution in [3.8, 4) is 0 Å². The third-order valence-corrected chi connectivity index (χ3v) is 6.90. The van der Waals surface area contributed by atoms with E-state index >= 15 is 0 Å². The summed E-state index contributed by atoms with van der Waals surface area (Å²) in [6.45, 7) is 17.2. The summed E-state index contributed by atoms with van der Waals surface area (Å²) in [7, 11) is 1.73. The molecule has 0 aliphatic rings. The van der Waals surface area contributed by atoms with Crippen molar-refractivity contribution >= 4 is 0 Å². The van der Waals surface area contributed by atoms with Crippen LogP contribution >= 0.6 is 0 Å². The first-order chi connectivity index (χ1) is 16.2. The lowest BCUT2D eigenvalue weighted by Gasteiger charge is -2.16. The zero-order valence-electron chi connectivity index (χ0n) is 22.2. The van der Waals surface area contributed by atoms with Crippen molar-refractivity contribution in [1.29, 1.82) is 0 Å². The summed E-state index contributed by atoms with van der Waals surface area (Å²) < 4.78 is 17.1. The van der Waals surface area contributed by atoms with Crippen LogP contribution in [0.4, 0.5) is 0 Å². The average Bonchev–Trinajstić information content (AvgIpc) is 2.77. The summed E-state index contributed by atoms with van der Waals surface area (Å²) in [6, 6.07) is 13.6. The smallest absolute Gasteiger partial charge is 0.147 e. The van der Waals surface area contributed by atoms with Gasteiger partial charge in [-0.05, 0) is 122 Å². The zero-order chi connectivity index (χ0) is 24.8. The van der Waals surface area contributed by atoms with E-state index in [1.165, 1.54) is 66.8 Å². The van der Waals surface area contributed by atoms with Crippen molar-refractivity contribution < 1.29 is 14.2 Å². The fraction of sp³-hybridized carbons (Fsp3) is 0.419. The number of ether oxygens (including phenoxy) is 3. The van der Waals surface area contributed by atoms with E-state index in [0.29, 0.717) is 19.8 Å². The molecule has 0 atom stereocenters. The topological polar surface area (TPSA) is 27.7 Å². The molecular weight excluding hydrogens is 420 g/mol. The molecule has 3 rings (SSSR count). The number of rotatable bonds is 10. The summed E-state index contributed by atoms with van der Waals surface area (Å²) >= 11 is 0. The van der Waals surface area contributed by atoms with Crippen LogP contribution in [0.3, 0.4) is 0 Å². The van der Waals surface area contributed by atoms with Crippen LogP contribution in [0, 0.1) is 48.5 Å². The van der Waals surface area contributed by atoms with Crippen molar-refractivity contribution in [3.63, 3.8) is 0 Å². The normalized spacial score (nSPS) is 11.3. The largest absolute Gasteiger partial charge is 0.380 e. The minimum atomic E-state index is 0.270. The average molecular weight is 461 g/mol. The van der Waals surface area contributed by atoms with E-state index in [2.05, 4.69) is 84.9 Å². The molecule has 3 heteroatoms.